The zero-order chi connectivity index (χ0) is 83.8. The number of urea groups is 1. The van der Waals surface area contributed by atoms with E-state index >= 15 is 0 Å². The van der Waals surface area contributed by atoms with Crippen molar-refractivity contribution < 1.29 is 79.6 Å². The standard InChI is InChI=1S/C42H50ClN3O9.C26H23Cl4N5O3.C12H18N2O4S.C2H6/c1-4-5-6-7-8-9-10-11-12-16-25-54-40(50)29(2)55-41(51)32-21-24-34(43)35(26-32)44-39(49)37(38(48)31-19-22-33(53-3)23-20-31)46-36(47)28-45(42(46)52)27-30-17-14-13-15-18-30;1-13(2)38-21-8-6-16(12-22(21)37-4)32-33-23-25(31-20-9-14(3)5-7-17(20)28)34-35(26(23)36)24-18(29)10-15(27)11-19(24)30;1-3-13(4-2)12(15)14-8-5-11(6-9-14)7-10-19(16,17)18;1-2/h13-15,17-24,26,29,37H,4-12,16,25,27-28H2,1-3H3,(H,44,49);5-13,23H,1-4H3,(H,31,34);5-6,8-9H,3-4,7,10H2,1-2H3;1-2H3. The second-order valence-corrected chi connectivity index (χ2v) is 29.7. The number of carbonyl (C=O) groups excluding carboxylic acids is 8. The van der Waals surface area contributed by atoms with Crippen molar-refractivity contribution >= 4 is 144 Å². The molecule has 0 spiro atoms. The number of hydrazine groups is 1. The smallest absolute Gasteiger partial charge is 0.497 e. The number of amides is 6. The molecule has 2 aliphatic heterocycles. The molecule has 26 nitrogen and oxygen atoms in total. The van der Waals surface area contributed by atoms with E-state index in [2.05, 4.69) is 32.9 Å². The number of aromatic nitrogens is 1. The van der Waals surface area contributed by atoms with E-state index in [1.165, 1.54) is 129 Å². The van der Waals surface area contributed by atoms with Gasteiger partial charge in [0.2, 0.25) is 6.04 Å². The molecular formula is C82H97Cl5N10O16S. The van der Waals surface area contributed by atoms with Gasteiger partial charge in [0.15, 0.2) is 35.3 Å². The number of halogens is 5. The molecule has 32 heteroatoms. The molecule has 7 aromatic rings. The Morgan fingerprint density at radius 1 is 0.702 bits per heavy atom. The summed E-state index contributed by atoms with van der Waals surface area (Å²) in [5, 5.41) is 13.3. The minimum absolute atomic E-state index is 0.00530. The minimum atomic E-state index is -4.20. The van der Waals surface area contributed by atoms with Crippen molar-refractivity contribution in [3.05, 3.63) is 199 Å². The molecule has 2 aliphatic rings. The maximum Gasteiger partial charge on any atom is 0.497 e. The average molecular weight is 1690 g/mol. The van der Waals surface area contributed by atoms with Crippen LogP contribution in [0.4, 0.5) is 32.3 Å². The van der Waals surface area contributed by atoms with Gasteiger partial charge >= 0.3 is 24.0 Å². The molecule has 2 N–H and O–H groups in total. The Morgan fingerprint density at radius 3 is 1.91 bits per heavy atom. The number of hydrogen-bond donors (Lipinski definition) is 2. The number of ketones is 1. The maximum atomic E-state index is 14.0. The summed E-state index contributed by atoms with van der Waals surface area (Å²) in [6.45, 7) is 18.3. The number of imide groups is 1. The molecule has 0 radical (unpaired) electrons. The fourth-order valence-corrected chi connectivity index (χ4v) is 13.2. The molecule has 2 fully saturated rings. The average Bonchev–Trinajstić information content (AvgIpc) is 1.59. The van der Waals surface area contributed by atoms with Crippen LogP contribution >= 0.6 is 58.0 Å². The minimum Gasteiger partial charge on any atom is -0.748 e. The van der Waals surface area contributed by atoms with Crippen LogP contribution in [0.2, 0.25) is 25.1 Å². The first kappa shape index (κ1) is 93.1. The fourth-order valence-electron chi connectivity index (χ4n) is 11.4. The first-order valence-corrected chi connectivity index (χ1v) is 40.8. The highest BCUT2D eigenvalue weighted by molar-refractivity contribution is 7.85. The van der Waals surface area contributed by atoms with Crippen LogP contribution in [0, 0.1) is 6.92 Å². The number of nitrogens with one attached hydrogen (secondary N) is 2. The SMILES string of the molecule is CC.CCCCCCCCCCCCOC(=O)C(C)OC(=O)c1ccc(Cl)c(NC(=O)C(C(=O)c2ccc(OC)cc2)N2C(=O)CN(Cc3ccccc3)C2=O)c1.CCN(CC)C(=O)[n+]1ccc(CCS(=O)(=O)[O-])cc1.COc1cc(N=NC2C(=O)N(c3c(Cl)cc(Cl)cc3Cl)NC2=Nc2cc(C)ccc2Cl)ccc1OC(C)C. The van der Waals surface area contributed by atoms with Crippen LogP contribution in [0.25, 0.3) is 0 Å². The molecule has 9 rings (SSSR count). The molecular weight excluding hydrogens is 1590 g/mol. The summed E-state index contributed by atoms with van der Waals surface area (Å²) in [7, 11) is -1.22. The number of nitrogens with zero attached hydrogens (tertiary/aromatic N) is 8. The lowest BCUT2D eigenvalue weighted by atomic mass is 10.0. The number of ether oxygens (including phenoxy) is 5. The number of azo groups is 1. The second-order valence-electron chi connectivity index (χ2n) is 26.1. The van der Waals surface area contributed by atoms with Gasteiger partial charge in [0.05, 0.1) is 105 Å². The van der Waals surface area contributed by atoms with E-state index in [9.17, 15) is 51.3 Å². The summed E-state index contributed by atoms with van der Waals surface area (Å²) in [6, 6.07) is 31.4. The topological polar surface area (TPSA) is 318 Å². The van der Waals surface area contributed by atoms with Gasteiger partial charge < -0.3 is 38.5 Å². The van der Waals surface area contributed by atoms with Crippen LogP contribution in [0.15, 0.2) is 161 Å². The van der Waals surface area contributed by atoms with Crippen LogP contribution in [0.5, 0.6) is 17.2 Å². The Morgan fingerprint density at radius 2 is 1.32 bits per heavy atom. The molecule has 3 heterocycles. The molecule has 114 heavy (non-hydrogen) atoms. The summed E-state index contributed by atoms with van der Waals surface area (Å²) in [5.74, 6) is -3.46. The zero-order valence-electron chi connectivity index (χ0n) is 65.6. The molecule has 3 atom stereocenters. The predicted molar refractivity (Wildman–Crippen MR) is 440 cm³/mol. The number of methoxy groups -OCH3 is 2. The predicted octanol–water partition coefficient (Wildman–Crippen LogP) is 17.5. The van der Waals surface area contributed by atoms with Gasteiger partial charge in [-0.3, -0.25) is 24.6 Å². The van der Waals surface area contributed by atoms with Crippen LogP contribution in [-0.2, 0) is 51.7 Å². The van der Waals surface area contributed by atoms with E-state index in [1.54, 1.807) is 84.0 Å². The molecule has 612 valence electrons. The molecule has 6 amide bonds. The zero-order valence-corrected chi connectivity index (χ0v) is 70.2. The van der Waals surface area contributed by atoms with Crippen molar-refractivity contribution in [3.8, 4) is 17.2 Å². The Hall–Kier alpha value is -9.74. The van der Waals surface area contributed by atoms with Crippen molar-refractivity contribution in [2.45, 2.75) is 164 Å². The number of aryl methyl sites for hydroxylation is 2. The van der Waals surface area contributed by atoms with Gasteiger partial charge in [-0.25, -0.2) is 42.6 Å². The van der Waals surface area contributed by atoms with Crippen LogP contribution < -0.4 is 34.5 Å². The van der Waals surface area contributed by atoms with Gasteiger partial charge in [0.1, 0.15) is 18.0 Å². The van der Waals surface area contributed by atoms with Gasteiger partial charge in [0, 0.05) is 29.0 Å². The summed E-state index contributed by atoms with van der Waals surface area (Å²) < 4.78 is 60.0. The van der Waals surface area contributed by atoms with Crippen molar-refractivity contribution in [2.24, 2.45) is 15.2 Å². The Balaban J connectivity index is 0.000000294. The van der Waals surface area contributed by atoms with Crippen LogP contribution in [0.1, 0.15) is 157 Å². The van der Waals surface area contributed by atoms with Gasteiger partial charge in [-0.1, -0.05) is 173 Å². The number of rotatable bonds is 34. The van der Waals surface area contributed by atoms with Crippen molar-refractivity contribution in [1.82, 2.24) is 20.1 Å². The highest BCUT2D eigenvalue weighted by atomic mass is 35.5. The van der Waals surface area contributed by atoms with E-state index in [4.69, 9.17) is 81.7 Å². The molecule has 6 aromatic carbocycles. The number of unbranched alkanes of at least 4 members (excludes halogenated alkanes) is 9. The third-order valence-electron chi connectivity index (χ3n) is 17.3. The monoisotopic (exact) mass is 1680 g/mol. The summed E-state index contributed by atoms with van der Waals surface area (Å²) in [5.41, 5.74) is 6.35. The van der Waals surface area contributed by atoms with Gasteiger partial charge in [-0.05, 0) is 162 Å². The number of hydrogen-bond acceptors (Lipinski definition) is 19. The summed E-state index contributed by atoms with van der Waals surface area (Å²) >= 11 is 31.6. The summed E-state index contributed by atoms with van der Waals surface area (Å²) in [6.07, 6.45) is 13.5. The molecule has 3 unspecified atom stereocenters. The van der Waals surface area contributed by atoms with Crippen LogP contribution in [-0.4, -0.2) is 152 Å². The third kappa shape index (κ3) is 28.1. The number of aliphatic imine (C=N–C) groups is 1. The van der Waals surface area contributed by atoms with Crippen LogP contribution in [0.3, 0.4) is 0 Å². The van der Waals surface area contributed by atoms with Crippen molar-refractivity contribution in [3.63, 3.8) is 0 Å². The number of Topliss-reactive ketones (excluding diaryl/α,β-unsaturated/α-hetero) is 1. The number of carbonyl (C=O) groups is 8. The Bertz CT molecular complexity index is 4590. The lowest BCUT2D eigenvalue weighted by Gasteiger charge is -2.25. The highest BCUT2D eigenvalue weighted by Gasteiger charge is 2.47. The fraction of sp³-hybridized carbons (Fsp3) is 0.390. The maximum absolute atomic E-state index is 14.0. The molecule has 0 saturated carbocycles. The van der Waals surface area contributed by atoms with E-state index < -0.39 is 75.5 Å². The van der Waals surface area contributed by atoms with Gasteiger partial charge in [0.25, 0.3) is 17.7 Å². The normalized spacial score (nSPS) is 14.1. The van der Waals surface area contributed by atoms with E-state index in [1.807, 2.05) is 60.6 Å². The first-order chi connectivity index (χ1) is 54.5. The quantitative estimate of drug-likeness (QED) is 0.00553. The Kier molecular flexibility index (Phi) is 38.0. The van der Waals surface area contributed by atoms with Gasteiger partial charge in [-0.15, -0.1) is 0 Å². The molecule has 0 bridgehead atoms. The number of esters is 2. The Labute approximate surface area is 691 Å². The first-order valence-electron chi connectivity index (χ1n) is 37.4. The van der Waals surface area contributed by atoms with Gasteiger partial charge in [-0.2, -0.15) is 19.6 Å². The lowest BCUT2D eigenvalue weighted by molar-refractivity contribution is -0.578. The highest BCUT2D eigenvalue weighted by Crippen LogP contribution is 2.39. The van der Waals surface area contributed by atoms with Crippen molar-refractivity contribution in [1.29, 1.82) is 0 Å². The summed E-state index contributed by atoms with van der Waals surface area (Å²) in [4.78, 5) is 114. The third-order valence-corrected chi connectivity index (χ3v) is 19.5. The number of benzene rings is 6. The molecule has 2 saturated heterocycles. The van der Waals surface area contributed by atoms with E-state index in [-0.39, 0.29) is 81.7 Å². The van der Waals surface area contributed by atoms with Crippen molar-refractivity contribution in [2.75, 3.05) is 56.5 Å². The molecule has 0 aliphatic carbocycles. The molecule has 1 aromatic heterocycles. The number of amidine groups is 1. The number of pyridine rings is 1. The van der Waals surface area contributed by atoms with E-state index in [0.717, 1.165) is 30.4 Å². The van der Waals surface area contributed by atoms with E-state index in [0.29, 0.717) is 68.6 Å². The number of anilines is 2. The lowest BCUT2D eigenvalue weighted by Crippen LogP contribution is -2.52. The second kappa shape index (κ2) is 46.6. The largest absolute Gasteiger partial charge is 0.748 e.